The molecule has 0 radical (unpaired) electrons. The maximum Gasteiger partial charge on any atom is 0.340 e. The third-order valence-electron chi connectivity index (χ3n) is 6.72. The lowest BCUT2D eigenvalue weighted by molar-refractivity contribution is -0.121. The first kappa shape index (κ1) is 26.6. The van der Waals surface area contributed by atoms with Crippen LogP contribution in [-0.4, -0.2) is 37.7 Å². The van der Waals surface area contributed by atoms with E-state index in [1.165, 1.54) is 24.3 Å². The molecule has 0 bridgehead atoms. The van der Waals surface area contributed by atoms with Crippen LogP contribution in [0.15, 0.2) is 52.3 Å². The van der Waals surface area contributed by atoms with Gasteiger partial charge in [-0.15, -0.1) is 0 Å². The van der Waals surface area contributed by atoms with Crippen LogP contribution in [0.1, 0.15) is 46.5 Å². The molecule has 0 aromatic heterocycles. The van der Waals surface area contributed by atoms with Crippen molar-refractivity contribution in [1.29, 1.82) is 0 Å². The molecule has 0 unspecified atom stereocenters. The quantitative estimate of drug-likeness (QED) is 0.197. The zero-order chi connectivity index (χ0) is 28.7. The summed E-state index contributed by atoms with van der Waals surface area (Å²) < 4.78 is 81.2. The summed E-state index contributed by atoms with van der Waals surface area (Å²) in [5.74, 6) is -2.49. The van der Waals surface area contributed by atoms with Crippen LogP contribution in [0.3, 0.4) is 0 Å². The molecule has 1 spiro atoms. The van der Waals surface area contributed by atoms with E-state index in [2.05, 4.69) is 0 Å². The molecule has 14 heteroatoms. The Labute approximate surface area is 223 Å². The molecule has 3 aromatic rings. The Morgan fingerprint density at radius 3 is 1.85 bits per heavy atom. The molecule has 6 N–H and O–H groups in total. The minimum absolute atomic E-state index is 0.00143. The van der Waals surface area contributed by atoms with Crippen molar-refractivity contribution >= 4 is 43.4 Å². The number of carbonyl (C=O) groups excluding carboxylic acids is 2. The number of nitrogen functional groups attached to an aromatic ring is 2. The van der Waals surface area contributed by atoms with Gasteiger partial charge in [0, 0.05) is 29.0 Å². The van der Waals surface area contributed by atoms with E-state index < -0.39 is 64.5 Å². The number of hydrogen-bond acceptors (Lipinski definition) is 10. The fraction of sp³-hybridized carbons (Fsp3) is 0.200. The number of nitrogens with two attached hydrogens (primary N) is 2. The van der Waals surface area contributed by atoms with Crippen LogP contribution in [0.2, 0.25) is 0 Å². The molecule has 0 aliphatic carbocycles. The number of anilines is 2. The molecular formula is C25H22N2O10S2. The standard InChI is InChI=1S/C25H22N2O10S2/c1-11(2)19(28)10-12-3-4-13-16(9-12)25(37-24(13)29)14-5-7-17(26)22(38(30,31)32)20(14)36-21-15(25)6-8-18(27)23(21)39(33,34)35/h3-9,11H,10,26-27H2,1-2H3,(H,30,31,32)(H,33,34,35). The molecule has 0 fully saturated rings. The fourth-order valence-electron chi connectivity index (χ4n) is 4.92. The monoisotopic (exact) mass is 574 g/mol. The van der Waals surface area contributed by atoms with Crippen LogP contribution in [-0.2, 0) is 41.8 Å². The second-order valence-corrected chi connectivity index (χ2v) is 12.2. The number of benzene rings is 3. The third-order valence-corrected chi connectivity index (χ3v) is 8.59. The van der Waals surface area contributed by atoms with Gasteiger partial charge in [-0.25, -0.2) is 4.79 Å². The maximum atomic E-state index is 13.2. The van der Waals surface area contributed by atoms with E-state index in [0.717, 1.165) is 12.1 Å². The first-order valence-electron chi connectivity index (χ1n) is 11.5. The number of ketones is 1. The molecule has 0 amide bonds. The third kappa shape index (κ3) is 3.95. The lowest BCUT2D eigenvalue weighted by atomic mass is 9.77. The Kier molecular flexibility index (Phi) is 5.81. The Bertz CT molecular complexity index is 1740. The molecule has 5 rings (SSSR count). The van der Waals surface area contributed by atoms with Gasteiger partial charge >= 0.3 is 5.97 Å². The van der Waals surface area contributed by atoms with E-state index in [0.29, 0.717) is 5.56 Å². The highest BCUT2D eigenvalue weighted by Gasteiger charge is 2.56. The van der Waals surface area contributed by atoms with Crippen molar-refractivity contribution in [2.24, 2.45) is 5.92 Å². The molecule has 0 atom stereocenters. The highest BCUT2D eigenvalue weighted by atomic mass is 32.2. The van der Waals surface area contributed by atoms with Crippen molar-refractivity contribution in [3.05, 3.63) is 70.3 Å². The van der Waals surface area contributed by atoms with E-state index >= 15 is 0 Å². The Hall–Kier alpha value is -3.98. The Balaban J connectivity index is 1.94. The fourth-order valence-corrected chi connectivity index (χ4v) is 6.42. The van der Waals surface area contributed by atoms with Gasteiger partial charge in [0.05, 0.1) is 16.9 Å². The molecule has 204 valence electrons. The van der Waals surface area contributed by atoms with Gasteiger partial charge in [-0.05, 0) is 42.0 Å². The largest absolute Gasteiger partial charge is 0.453 e. The van der Waals surface area contributed by atoms with E-state index in [-0.39, 0.29) is 40.4 Å². The molecule has 0 saturated heterocycles. The number of Topliss-reactive ketones (excluding diaryl/α,β-unsaturated/α-hetero) is 1. The predicted octanol–water partition coefficient (Wildman–Crippen LogP) is 2.68. The summed E-state index contributed by atoms with van der Waals surface area (Å²) in [4.78, 5) is 23.8. The van der Waals surface area contributed by atoms with Gasteiger partial charge in [0.25, 0.3) is 20.2 Å². The average molecular weight is 575 g/mol. The second kappa shape index (κ2) is 8.51. The number of carbonyl (C=O) groups is 2. The van der Waals surface area contributed by atoms with Gasteiger partial charge < -0.3 is 20.9 Å². The molecule has 2 aliphatic heterocycles. The van der Waals surface area contributed by atoms with E-state index in [9.17, 15) is 35.5 Å². The molecular weight excluding hydrogens is 552 g/mol. The van der Waals surface area contributed by atoms with Crippen LogP contribution in [0.5, 0.6) is 11.5 Å². The summed E-state index contributed by atoms with van der Waals surface area (Å²) in [6.45, 7) is 3.47. The molecule has 2 aliphatic rings. The smallest absolute Gasteiger partial charge is 0.340 e. The predicted molar refractivity (Wildman–Crippen MR) is 137 cm³/mol. The van der Waals surface area contributed by atoms with Gasteiger partial charge in [0.15, 0.2) is 26.9 Å². The summed E-state index contributed by atoms with van der Waals surface area (Å²) in [5.41, 5.74) is 9.26. The minimum atomic E-state index is -5.08. The van der Waals surface area contributed by atoms with Crippen molar-refractivity contribution in [2.45, 2.75) is 35.7 Å². The van der Waals surface area contributed by atoms with Gasteiger partial charge in [0.2, 0.25) is 0 Å². The van der Waals surface area contributed by atoms with Crippen molar-refractivity contribution < 1.29 is 45.0 Å². The zero-order valence-electron chi connectivity index (χ0n) is 20.5. The highest BCUT2D eigenvalue weighted by molar-refractivity contribution is 7.86. The molecule has 2 heterocycles. The number of rotatable bonds is 5. The van der Waals surface area contributed by atoms with Crippen LogP contribution >= 0.6 is 0 Å². The topological polar surface area (TPSA) is 213 Å². The van der Waals surface area contributed by atoms with Gasteiger partial charge in [0.1, 0.15) is 5.78 Å². The zero-order valence-corrected chi connectivity index (χ0v) is 22.1. The minimum Gasteiger partial charge on any atom is -0.453 e. The summed E-state index contributed by atoms with van der Waals surface area (Å²) in [6.07, 6.45) is 0.00143. The van der Waals surface area contributed by atoms with Gasteiger partial charge in [-0.3, -0.25) is 13.9 Å². The Morgan fingerprint density at radius 2 is 1.38 bits per heavy atom. The Morgan fingerprint density at radius 1 is 0.872 bits per heavy atom. The van der Waals surface area contributed by atoms with Crippen LogP contribution in [0.25, 0.3) is 0 Å². The SMILES string of the molecule is CC(C)C(=O)Cc1ccc2c(c1)C1(OC2=O)c2ccc(N)c(S(=O)(=O)O)c2Oc2c1ccc(N)c2S(=O)(=O)O. The summed E-state index contributed by atoms with van der Waals surface area (Å²) in [6, 6.07) is 9.44. The first-order valence-corrected chi connectivity index (χ1v) is 14.3. The van der Waals surface area contributed by atoms with Crippen molar-refractivity contribution in [3.8, 4) is 11.5 Å². The van der Waals surface area contributed by atoms with Gasteiger partial charge in [-0.2, -0.15) is 16.8 Å². The van der Waals surface area contributed by atoms with Crippen LogP contribution in [0.4, 0.5) is 11.4 Å². The van der Waals surface area contributed by atoms with Crippen molar-refractivity contribution in [1.82, 2.24) is 0 Å². The first-order chi connectivity index (χ1) is 18.1. The van der Waals surface area contributed by atoms with Crippen molar-refractivity contribution in [3.63, 3.8) is 0 Å². The second-order valence-electron chi connectivity index (χ2n) is 9.52. The lowest BCUT2D eigenvalue weighted by Gasteiger charge is -2.38. The lowest BCUT2D eigenvalue weighted by Crippen LogP contribution is -2.34. The molecule has 0 saturated carbocycles. The molecule has 39 heavy (non-hydrogen) atoms. The summed E-state index contributed by atoms with van der Waals surface area (Å²) in [7, 11) is -10.2. The maximum absolute atomic E-state index is 13.2. The summed E-state index contributed by atoms with van der Waals surface area (Å²) in [5, 5.41) is 0. The number of fused-ring (bicyclic) bond motifs is 6. The van der Waals surface area contributed by atoms with Crippen LogP contribution in [0, 0.1) is 5.92 Å². The molecule has 12 nitrogen and oxygen atoms in total. The highest BCUT2D eigenvalue weighted by Crippen LogP contribution is 2.59. The summed E-state index contributed by atoms with van der Waals surface area (Å²) >= 11 is 0. The normalized spacial score (nSPS) is 15.4. The van der Waals surface area contributed by atoms with E-state index in [4.69, 9.17) is 20.9 Å². The number of hydrogen-bond donors (Lipinski definition) is 4. The number of esters is 1. The number of ether oxygens (including phenoxy) is 2. The average Bonchev–Trinajstić information content (AvgIpc) is 3.09. The van der Waals surface area contributed by atoms with E-state index in [1.54, 1.807) is 19.9 Å². The molecule has 3 aromatic carbocycles. The van der Waals surface area contributed by atoms with Crippen LogP contribution < -0.4 is 16.2 Å². The van der Waals surface area contributed by atoms with Gasteiger partial charge in [-0.1, -0.05) is 19.9 Å². The van der Waals surface area contributed by atoms with E-state index in [1.807, 2.05) is 0 Å². The van der Waals surface area contributed by atoms with Crippen molar-refractivity contribution in [2.75, 3.05) is 11.5 Å².